The Morgan fingerprint density at radius 2 is 1.87 bits per heavy atom. The highest BCUT2D eigenvalue weighted by Crippen LogP contribution is 2.35. The lowest BCUT2D eigenvalue weighted by molar-refractivity contribution is 0.162. The molecule has 5 heteroatoms. The lowest BCUT2D eigenvalue weighted by atomic mass is 9.84. The van der Waals surface area contributed by atoms with E-state index in [1.807, 2.05) is 18.6 Å². The average Bonchev–Trinajstić information content (AvgIpc) is 3.22. The van der Waals surface area contributed by atoms with Crippen LogP contribution in [0.15, 0.2) is 24.7 Å². The molecule has 0 bridgehead atoms. The second-order valence-corrected chi connectivity index (χ2v) is 6.57. The molecule has 4 rings (SSSR count). The van der Waals surface area contributed by atoms with Crippen LogP contribution in [0.4, 0.5) is 0 Å². The normalized spacial score (nSPS) is 22.4. The number of rotatable bonds is 4. The number of H-pyrrole nitrogens is 1. The Bertz CT molecular complexity index is 790. The summed E-state index contributed by atoms with van der Waals surface area (Å²) in [6, 6.07) is 2.85. The summed E-state index contributed by atoms with van der Waals surface area (Å²) < 4.78 is 2.29. The van der Waals surface area contributed by atoms with Crippen LogP contribution in [0.3, 0.4) is 0 Å². The molecule has 0 spiro atoms. The van der Waals surface area contributed by atoms with Gasteiger partial charge in [0.1, 0.15) is 5.82 Å². The van der Waals surface area contributed by atoms with Crippen molar-refractivity contribution in [3.63, 3.8) is 0 Å². The van der Waals surface area contributed by atoms with Crippen LogP contribution in [0, 0.1) is 0 Å². The maximum Gasteiger partial charge on any atom is 0.154 e. The predicted octanol–water partition coefficient (Wildman–Crippen LogP) is 3.58. The van der Waals surface area contributed by atoms with Gasteiger partial charge in [0, 0.05) is 18.2 Å². The Hall–Kier alpha value is -1.88. The number of aromatic nitrogens is 4. The summed E-state index contributed by atoms with van der Waals surface area (Å²) in [6.45, 7) is 6.86. The molecule has 0 radical (unpaired) electrons. The molecular weight excluding hydrogens is 286 g/mol. The minimum Gasteiger partial charge on any atom is -0.345 e. The highest BCUT2D eigenvalue weighted by Gasteiger charge is 2.28. The van der Waals surface area contributed by atoms with E-state index in [1.54, 1.807) is 0 Å². The first-order valence-electron chi connectivity index (χ1n) is 8.85. The molecule has 23 heavy (non-hydrogen) atoms. The molecule has 0 amide bonds. The van der Waals surface area contributed by atoms with Gasteiger partial charge >= 0.3 is 0 Å². The average molecular weight is 311 g/mol. The molecule has 1 N–H and O–H groups in total. The Morgan fingerprint density at radius 3 is 2.61 bits per heavy atom. The zero-order chi connectivity index (χ0) is 15.8. The van der Waals surface area contributed by atoms with Crippen molar-refractivity contribution in [1.29, 1.82) is 0 Å². The van der Waals surface area contributed by atoms with E-state index in [9.17, 15) is 0 Å². The monoisotopic (exact) mass is 311 g/mol. The van der Waals surface area contributed by atoms with E-state index < -0.39 is 0 Å². The summed E-state index contributed by atoms with van der Waals surface area (Å²) in [7, 11) is 0. The van der Waals surface area contributed by atoms with Crippen molar-refractivity contribution in [3.05, 3.63) is 30.5 Å². The second-order valence-electron chi connectivity index (χ2n) is 6.57. The first-order valence-corrected chi connectivity index (χ1v) is 8.85. The number of imidazole rings is 1. The van der Waals surface area contributed by atoms with Crippen molar-refractivity contribution in [1.82, 2.24) is 24.3 Å². The van der Waals surface area contributed by atoms with Crippen LogP contribution >= 0.6 is 0 Å². The summed E-state index contributed by atoms with van der Waals surface area (Å²) in [5, 5.41) is 0. The molecular formula is C18H25N5. The fraction of sp³-hybridized carbons (Fsp3) is 0.556. The molecule has 1 fully saturated rings. The molecule has 1 aliphatic rings. The molecule has 5 nitrogen and oxygen atoms in total. The lowest BCUT2D eigenvalue weighted by Crippen LogP contribution is -2.37. The van der Waals surface area contributed by atoms with Crippen LogP contribution in [0.2, 0.25) is 0 Å². The highest BCUT2D eigenvalue weighted by atomic mass is 15.1. The molecule has 0 atom stereocenters. The van der Waals surface area contributed by atoms with Crippen molar-refractivity contribution in [2.24, 2.45) is 0 Å². The zero-order valence-electron chi connectivity index (χ0n) is 14.0. The van der Waals surface area contributed by atoms with Crippen molar-refractivity contribution in [2.75, 3.05) is 13.1 Å². The highest BCUT2D eigenvalue weighted by molar-refractivity contribution is 5.75. The SMILES string of the molecule is CCN(CC)C1CCC(c2ncc3cnc4[nH]ccc4n23)CC1. The second kappa shape index (κ2) is 5.96. The molecule has 0 aliphatic heterocycles. The van der Waals surface area contributed by atoms with Gasteiger partial charge < -0.3 is 9.88 Å². The molecule has 1 aliphatic carbocycles. The van der Waals surface area contributed by atoms with E-state index in [2.05, 4.69) is 39.2 Å². The van der Waals surface area contributed by atoms with Crippen LogP contribution < -0.4 is 0 Å². The van der Waals surface area contributed by atoms with Gasteiger partial charge in [-0.2, -0.15) is 0 Å². The molecule has 0 unspecified atom stereocenters. The smallest absolute Gasteiger partial charge is 0.154 e. The predicted molar refractivity (Wildman–Crippen MR) is 92.8 cm³/mol. The molecule has 1 saturated carbocycles. The largest absolute Gasteiger partial charge is 0.345 e. The van der Waals surface area contributed by atoms with Gasteiger partial charge in [-0.05, 0) is 44.8 Å². The topological polar surface area (TPSA) is 49.2 Å². The first-order chi connectivity index (χ1) is 11.3. The van der Waals surface area contributed by atoms with Gasteiger partial charge in [0.15, 0.2) is 5.65 Å². The number of nitrogens with zero attached hydrogens (tertiary/aromatic N) is 4. The maximum atomic E-state index is 4.75. The van der Waals surface area contributed by atoms with Gasteiger partial charge in [0.25, 0.3) is 0 Å². The summed E-state index contributed by atoms with van der Waals surface area (Å²) in [5.74, 6) is 1.77. The van der Waals surface area contributed by atoms with Crippen LogP contribution in [-0.2, 0) is 0 Å². The van der Waals surface area contributed by atoms with Gasteiger partial charge in [0.05, 0.1) is 23.4 Å². The fourth-order valence-corrected chi connectivity index (χ4v) is 4.23. The molecule has 122 valence electrons. The minimum absolute atomic E-state index is 0.560. The Kier molecular flexibility index (Phi) is 3.81. The zero-order valence-corrected chi connectivity index (χ0v) is 14.0. The number of fused-ring (bicyclic) bond motifs is 3. The molecule has 3 aromatic heterocycles. The van der Waals surface area contributed by atoms with E-state index >= 15 is 0 Å². The maximum absolute atomic E-state index is 4.75. The summed E-state index contributed by atoms with van der Waals surface area (Å²) in [6.07, 6.45) is 10.9. The third-order valence-corrected chi connectivity index (χ3v) is 5.48. The van der Waals surface area contributed by atoms with Gasteiger partial charge in [-0.3, -0.25) is 4.40 Å². The number of hydrogen-bond donors (Lipinski definition) is 1. The quantitative estimate of drug-likeness (QED) is 0.801. The molecule has 3 aromatic rings. The standard InChI is InChI=1S/C18H25N5/c1-3-22(4-2)14-7-5-13(6-8-14)18-21-12-15-11-20-17-16(23(15)18)9-10-19-17/h9-14,19H,3-8H2,1-2H3. The number of hydrogen-bond acceptors (Lipinski definition) is 3. The summed E-state index contributed by atoms with van der Waals surface area (Å²) in [4.78, 5) is 15.0. The minimum atomic E-state index is 0.560. The van der Waals surface area contributed by atoms with Crippen molar-refractivity contribution in [2.45, 2.75) is 51.5 Å². The van der Waals surface area contributed by atoms with Crippen molar-refractivity contribution < 1.29 is 0 Å². The first kappa shape index (κ1) is 14.7. The van der Waals surface area contributed by atoms with Crippen LogP contribution in [0.1, 0.15) is 51.3 Å². The summed E-state index contributed by atoms with van der Waals surface area (Å²) >= 11 is 0. The molecule has 3 heterocycles. The van der Waals surface area contributed by atoms with E-state index in [0.717, 1.165) is 35.8 Å². The lowest BCUT2D eigenvalue weighted by Gasteiger charge is -2.35. The summed E-state index contributed by atoms with van der Waals surface area (Å²) in [5.41, 5.74) is 3.17. The van der Waals surface area contributed by atoms with Gasteiger partial charge in [-0.25, -0.2) is 9.97 Å². The van der Waals surface area contributed by atoms with Crippen LogP contribution in [-0.4, -0.2) is 43.4 Å². The van der Waals surface area contributed by atoms with Crippen molar-refractivity contribution in [3.8, 4) is 0 Å². The fourth-order valence-electron chi connectivity index (χ4n) is 4.23. The Labute approximate surface area is 136 Å². The van der Waals surface area contributed by atoms with E-state index in [1.165, 1.54) is 31.5 Å². The number of nitrogens with one attached hydrogen (secondary N) is 1. The Balaban J connectivity index is 1.62. The molecule has 0 saturated heterocycles. The van der Waals surface area contributed by atoms with Crippen LogP contribution in [0.5, 0.6) is 0 Å². The Morgan fingerprint density at radius 1 is 1.13 bits per heavy atom. The van der Waals surface area contributed by atoms with E-state index in [-0.39, 0.29) is 0 Å². The van der Waals surface area contributed by atoms with Crippen LogP contribution in [0.25, 0.3) is 16.7 Å². The van der Waals surface area contributed by atoms with Gasteiger partial charge in [-0.15, -0.1) is 0 Å². The van der Waals surface area contributed by atoms with E-state index in [4.69, 9.17) is 4.98 Å². The third kappa shape index (κ3) is 2.43. The molecule has 0 aromatic carbocycles. The van der Waals surface area contributed by atoms with Gasteiger partial charge in [0.2, 0.25) is 0 Å². The van der Waals surface area contributed by atoms with Crippen molar-refractivity contribution >= 4 is 16.7 Å². The van der Waals surface area contributed by atoms with E-state index in [0.29, 0.717) is 5.92 Å². The van der Waals surface area contributed by atoms with Gasteiger partial charge in [-0.1, -0.05) is 13.8 Å². The third-order valence-electron chi connectivity index (χ3n) is 5.48. The number of aromatic amines is 1.